The molecule has 0 saturated heterocycles. The van der Waals surface area contributed by atoms with E-state index < -0.39 is 0 Å². The zero-order valence-corrected chi connectivity index (χ0v) is 11.2. The molecule has 0 N–H and O–H groups in total. The van der Waals surface area contributed by atoms with Crippen molar-refractivity contribution in [1.29, 1.82) is 0 Å². The molecule has 0 spiro atoms. The molecule has 86 valence electrons. The van der Waals surface area contributed by atoms with Crippen LogP contribution in [0.15, 0.2) is 23.8 Å². The molecule has 0 fully saturated rings. The van der Waals surface area contributed by atoms with Crippen LogP contribution < -0.4 is 0 Å². The predicted molar refractivity (Wildman–Crippen MR) is 68.9 cm³/mol. The molecule has 2 atom stereocenters. The Labute approximate surface area is 95.5 Å². The lowest BCUT2D eigenvalue weighted by molar-refractivity contribution is 0.300. The zero-order valence-electron chi connectivity index (χ0n) is 11.2. The lowest BCUT2D eigenvalue weighted by atomic mass is 9.72. The molecule has 0 bridgehead atoms. The molecular formula is C15H26. The highest BCUT2D eigenvalue weighted by molar-refractivity contribution is 5.29. The normalized spacial score (nSPS) is 28.8. The zero-order chi connectivity index (χ0) is 11.7. The summed E-state index contributed by atoms with van der Waals surface area (Å²) in [5, 5.41) is 0. The summed E-state index contributed by atoms with van der Waals surface area (Å²) in [6.45, 7) is 13.9. The van der Waals surface area contributed by atoms with Gasteiger partial charge in [0.1, 0.15) is 0 Å². The molecule has 0 aromatic heterocycles. The van der Waals surface area contributed by atoms with E-state index in [-0.39, 0.29) is 0 Å². The second-order valence-electron chi connectivity index (χ2n) is 6.34. The smallest absolute Gasteiger partial charge is 0.0111 e. The fraction of sp³-hybridized carbons (Fsp3) is 0.733. The van der Waals surface area contributed by atoms with Gasteiger partial charge in [-0.2, -0.15) is 0 Å². The molecule has 0 heteroatoms. The van der Waals surface area contributed by atoms with E-state index in [0.29, 0.717) is 16.7 Å². The first-order valence-corrected chi connectivity index (χ1v) is 6.18. The van der Waals surface area contributed by atoms with Gasteiger partial charge in [-0.1, -0.05) is 59.8 Å². The molecular weight excluding hydrogens is 180 g/mol. The minimum absolute atomic E-state index is 0.371. The van der Waals surface area contributed by atoms with E-state index in [9.17, 15) is 0 Å². The van der Waals surface area contributed by atoms with Crippen molar-refractivity contribution in [1.82, 2.24) is 0 Å². The monoisotopic (exact) mass is 206 g/mol. The predicted octanol–water partition coefficient (Wildman–Crippen LogP) is 4.97. The highest BCUT2D eigenvalue weighted by Crippen LogP contribution is 2.38. The summed E-state index contributed by atoms with van der Waals surface area (Å²) in [6, 6.07) is 0. The Hall–Kier alpha value is -0.520. The van der Waals surface area contributed by atoms with Crippen LogP contribution in [0.3, 0.4) is 0 Å². The van der Waals surface area contributed by atoms with Crippen molar-refractivity contribution in [2.45, 2.75) is 54.4 Å². The summed E-state index contributed by atoms with van der Waals surface area (Å²) in [5.74, 6) is 0.648. The van der Waals surface area contributed by atoms with E-state index in [1.54, 1.807) is 0 Å². The number of hydrogen-bond acceptors (Lipinski definition) is 0. The Morgan fingerprint density at radius 3 is 2.33 bits per heavy atom. The molecule has 0 aliphatic heterocycles. The van der Waals surface area contributed by atoms with Gasteiger partial charge in [-0.25, -0.2) is 0 Å². The highest BCUT2D eigenvalue weighted by atomic mass is 14.3. The SMILES string of the molecule is CCC1(C)C=CC(C(C)C(C)(C)C)=CC1. The van der Waals surface area contributed by atoms with Gasteiger partial charge in [0.15, 0.2) is 0 Å². The molecule has 0 aromatic rings. The van der Waals surface area contributed by atoms with Gasteiger partial charge < -0.3 is 0 Å². The summed E-state index contributed by atoms with van der Waals surface area (Å²) in [5.41, 5.74) is 2.30. The quantitative estimate of drug-likeness (QED) is 0.598. The van der Waals surface area contributed by atoms with E-state index in [4.69, 9.17) is 0 Å². The molecule has 1 aliphatic carbocycles. The van der Waals surface area contributed by atoms with Crippen molar-refractivity contribution in [2.75, 3.05) is 0 Å². The van der Waals surface area contributed by atoms with E-state index in [2.05, 4.69) is 59.8 Å². The van der Waals surface area contributed by atoms with Crippen LogP contribution in [0.4, 0.5) is 0 Å². The molecule has 0 heterocycles. The average molecular weight is 206 g/mol. The van der Waals surface area contributed by atoms with Crippen molar-refractivity contribution in [3.05, 3.63) is 23.8 Å². The summed E-state index contributed by atoms with van der Waals surface area (Å²) in [7, 11) is 0. The molecule has 0 nitrogen and oxygen atoms in total. The fourth-order valence-corrected chi connectivity index (χ4v) is 1.87. The second-order valence-corrected chi connectivity index (χ2v) is 6.34. The van der Waals surface area contributed by atoms with Crippen LogP contribution in [0.25, 0.3) is 0 Å². The first-order chi connectivity index (χ1) is 6.78. The van der Waals surface area contributed by atoms with Gasteiger partial charge in [0.05, 0.1) is 0 Å². The Morgan fingerprint density at radius 1 is 1.40 bits per heavy atom. The van der Waals surface area contributed by atoms with E-state index in [0.717, 1.165) is 0 Å². The third kappa shape index (κ3) is 2.96. The van der Waals surface area contributed by atoms with Gasteiger partial charge in [0, 0.05) is 0 Å². The third-order valence-electron chi connectivity index (χ3n) is 4.09. The number of hydrogen-bond donors (Lipinski definition) is 0. The van der Waals surface area contributed by atoms with Crippen LogP contribution in [0, 0.1) is 16.7 Å². The topological polar surface area (TPSA) is 0 Å². The lowest BCUT2D eigenvalue weighted by Crippen LogP contribution is -2.21. The van der Waals surface area contributed by atoms with Crippen molar-refractivity contribution < 1.29 is 0 Å². The molecule has 2 unspecified atom stereocenters. The minimum atomic E-state index is 0.371. The molecule has 0 radical (unpaired) electrons. The maximum absolute atomic E-state index is 2.44. The summed E-state index contributed by atoms with van der Waals surface area (Å²) in [6.07, 6.45) is 9.64. The first-order valence-electron chi connectivity index (χ1n) is 6.18. The maximum Gasteiger partial charge on any atom is -0.0111 e. The molecule has 1 rings (SSSR count). The lowest BCUT2D eigenvalue weighted by Gasteiger charge is -2.33. The van der Waals surface area contributed by atoms with Gasteiger partial charge in [-0.15, -0.1) is 0 Å². The van der Waals surface area contributed by atoms with Crippen LogP contribution in [0.1, 0.15) is 54.4 Å². The van der Waals surface area contributed by atoms with E-state index in [1.807, 2.05) is 0 Å². The van der Waals surface area contributed by atoms with Gasteiger partial charge in [-0.3, -0.25) is 0 Å². The third-order valence-corrected chi connectivity index (χ3v) is 4.09. The Morgan fingerprint density at radius 2 is 2.00 bits per heavy atom. The maximum atomic E-state index is 2.44. The Balaban J connectivity index is 2.75. The van der Waals surface area contributed by atoms with Crippen molar-refractivity contribution in [3.63, 3.8) is 0 Å². The standard InChI is InChI=1S/C15H26/c1-7-15(6)10-8-13(9-11-15)12(2)14(3,4)5/h8-10,12H,7,11H2,1-6H3. The van der Waals surface area contributed by atoms with Gasteiger partial charge in [-0.05, 0) is 35.2 Å². The first kappa shape index (κ1) is 12.5. The van der Waals surface area contributed by atoms with Gasteiger partial charge >= 0.3 is 0 Å². The van der Waals surface area contributed by atoms with Crippen molar-refractivity contribution in [2.24, 2.45) is 16.7 Å². The number of allylic oxidation sites excluding steroid dienone is 4. The summed E-state index contributed by atoms with van der Waals surface area (Å²) >= 11 is 0. The second kappa shape index (κ2) is 4.15. The molecule has 15 heavy (non-hydrogen) atoms. The molecule has 1 aliphatic rings. The van der Waals surface area contributed by atoms with Gasteiger partial charge in [0.25, 0.3) is 0 Å². The van der Waals surface area contributed by atoms with E-state index >= 15 is 0 Å². The van der Waals surface area contributed by atoms with Crippen LogP contribution in [-0.2, 0) is 0 Å². The summed E-state index contributed by atoms with van der Waals surface area (Å²) in [4.78, 5) is 0. The van der Waals surface area contributed by atoms with Crippen molar-refractivity contribution in [3.8, 4) is 0 Å². The van der Waals surface area contributed by atoms with Crippen LogP contribution in [-0.4, -0.2) is 0 Å². The van der Waals surface area contributed by atoms with E-state index in [1.165, 1.54) is 18.4 Å². The molecule has 0 amide bonds. The highest BCUT2D eigenvalue weighted by Gasteiger charge is 2.26. The minimum Gasteiger partial charge on any atom is -0.0802 e. The molecule has 0 aromatic carbocycles. The summed E-state index contributed by atoms with van der Waals surface area (Å²) < 4.78 is 0. The Kier molecular flexibility index (Phi) is 3.48. The Bertz CT molecular complexity index is 275. The average Bonchev–Trinajstić information content (AvgIpc) is 2.17. The number of rotatable bonds is 2. The van der Waals surface area contributed by atoms with Crippen LogP contribution in [0.5, 0.6) is 0 Å². The van der Waals surface area contributed by atoms with Crippen molar-refractivity contribution >= 4 is 0 Å². The largest absolute Gasteiger partial charge is 0.0802 e. The van der Waals surface area contributed by atoms with Crippen LogP contribution in [0.2, 0.25) is 0 Å². The molecule has 0 saturated carbocycles. The van der Waals surface area contributed by atoms with Gasteiger partial charge in [0.2, 0.25) is 0 Å². The fourth-order valence-electron chi connectivity index (χ4n) is 1.87. The van der Waals surface area contributed by atoms with Crippen LogP contribution >= 0.6 is 0 Å².